The van der Waals surface area contributed by atoms with E-state index in [4.69, 9.17) is 5.11 Å². The molecule has 2 rings (SSSR count). The van der Waals surface area contributed by atoms with Gasteiger partial charge in [0.05, 0.1) is 16.8 Å². The molecular weight excluding hydrogens is 217 g/mol. The first-order valence-electron chi connectivity index (χ1n) is 4.10. The first-order chi connectivity index (χ1) is 7.18. The Labute approximate surface area is 88.8 Å². The number of benzene rings is 1. The summed E-state index contributed by atoms with van der Waals surface area (Å²) in [5, 5.41) is 10.5. The minimum absolute atomic E-state index is 0.333. The highest BCUT2D eigenvalue weighted by molar-refractivity contribution is 7.07. The highest BCUT2D eigenvalue weighted by atomic mass is 32.1. The highest BCUT2D eigenvalue weighted by Crippen LogP contribution is 2.21. The smallest absolute Gasteiger partial charge is 0.338 e. The molecule has 0 atom stereocenters. The van der Waals surface area contributed by atoms with Gasteiger partial charge < -0.3 is 5.11 Å². The monoisotopic (exact) mass is 223 g/mol. The Balaban J connectivity index is 2.52. The van der Waals surface area contributed by atoms with Crippen LogP contribution < -0.4 is 0 Å². The first-order valence-corrected chi connectivity index (χ1v) is 5.04. The van der Waals surface area contributed by atoms with Crippen LogP contribution in [0.25, 0.3) is 11.3 Å². The molecule has 15 heavy (non-hydrogen) atoms. The number of halogens is 1. The van der Waals surface area contributed by atoms with Crippen molar-refractivity contribution in [1.82, 2.24) is 4.98 Å². The molecule has 0 amide bonds. The van der Waals surface area contributed by atoms with Crippen LogP contribution >= 0.6 is 11.3 Å². The van der Waals surface area contributed by atoms with Crippen LogP contribution in [0.4, 0.5) is 4.39 Å². The van der Waals surface area contributed by atoms with Crippen LogP contribution in [0, 0.1) is 5.82 Å². The second kappa shape index (κ2) is 3.78. The van der Waals surface area contributed by atoms with E-state index in [0.717, 1.165) is 6.07 Å². The Kier molecular flexibility index (Phi) is 2.47. The third-order valence-corrected chi connectivity index (χ3v) is 2.51. The summed E-state index contributed by atoms with van der Waals surface area (Å²) in [6.07, 6.45) is 0. The summed E-state index contributed by atoms with van der Waals surface area (Å²) in [7, 11) is 0. The molecule has 0 unspecified atom stereocenters. The summed E-state index contributed by atoms with van der Waals surface area (Å²) in [6.45, 7) is 0. The van der Waals surface area contributed by atoms with Crippen LogP contribution in [0.5, 0.6) is 0 Å². The maximum atomic E-state index is 13.1. The van der Waals surface area contributed by atoms with E-state index < -0.39 is 11.8 Å². The normalized spacial score (nSPS) is 10.2. The number of carboxylic acid groups (broad SMARTS) is 1. The lowest BCUT2D eigenvalue weighted by Crippen LogP contribution is -2.00. The Hall–Kier alpha value is -1.75. The van der Waals surface area contributed by atoms with E-state index in [1.807, 2.05) is 0 Å². The summed E-state index contributed by atoms with van der Waals surface area (Å²) in [5.74, 6) is -2.01. The van der Waals surface area contributed by atoms with Gasteiger partial charge in [-0.15, -0.1) is 11.3 Å². The molecule has 0 radical (unpaired) electrons. The molecule has 1 aromatic carbocycles. The second-order valence-corrected chi connectivity index (χ2v) is 3.59. The van der Waals surface area contributed by atoms with Crippen molar-refractivity contribution < 1.29 is 14.3 Å². The number of rotatable bonds is 2. The summed E-state index contributed by atoms with van der Waals surface area (Å²) in [6, 6.07) is 3.93. The number of thiazole rings is 1. The Morgan fingerprint density at radius 1 is 1.47 bits per heavy atom. The van der Waals surface area contributed by atoms with Crippen LogP contribution in [-0.4, -0.2) is 16.1 Å². The maximum Gasteiger partial charge on any atom is 0.338 e. The average molecular weight is 223 g/mol. The zero-order valence-corrected chi connectivity index (χ0v) is 8.29. The first kappa shape index (κ1) is 9.79. The van der Waals surface area contributed by atoms with Gasteiger partial charge in [-0.3, -0.25) is 0 Å². The fraction of sp³-hybridized carbons (Fsp3) is 0. The number of aromatic nitrogens is 1. The predicted octanol–water partition coefficient (Wildman–Crippen LogP) is 2.65. The van der Waals surface area contributed by atoms with Gasteiger partial charge in [0.25, 0.3) is 0 Å². The highest BCUT2D eigenvalue weighted by Gasteiger charge is 2.11. The van der Waals surface area contributed by atoms with Gasteiger partial charge in [-0.1, -0.05) is 0 Å². The van der Waals surface area contributed by atoms with Gasteiger partial charge in [0.2, 0.25) is 0 Å². The van der Waals surface area contributed by atoms with Crippen molar-refractivity contribution in [2.45, 2.75) is 0 Å². The molecule has 0 saturated heterocycles. The quantitative estimate of drug-likeness (QED) is 0.851. The van der Waals surface area contributed by atoms with E-state index in [2.05, 4.69) is 4.98 Å². The van der Waals surface area contributed by atoms with Gasteiger partial charge in [-0.05, 0) is 18.2 Å². The van der Waals surface area contributed by atoms with Crippen molar-refractivity contribution in [1.29, 1.82) is 0 Å². The molecule has 0 fully saturated rings. The van der Waals surface area contributed by atoms with Gasteiger partial charge in [-0.2, -0.15) is 0 Å². The van der Waals surface area contributed by atoms with E-state index in [1.54, 1.807) is 10.9 Å². The minimum Gasteiger partial charge on any atom is -0.478 e. The summed E-state index contributed by atoms with van der Waals surface area (Å²) in [5.41, 5.74) is 2.57. The van der Waals surface area contributed by atoms with E-state index in [9.17, 15) is 9.18 Å². The van der Waals surface area contributed by atoms with Gasteiger partial charge in [-0.25, -0.2) is 14.2 Å². The van der Waals surface area contributed by atoms with Crippen molar-refractivity contribution in [2.75, 3.05) is 0 Å². The molecule has 1 N–H and O–H groups in total. The van der Waals surface area contributed by atoms with Gasteiger partial charge in [0.1, 0.15) is 5.82 Å². The van der Waals surface area contributed by atoms with Crippen LogP contribution in [0.2, 0.25) is 0 Å². The van der Waals surface area contributed by atoms with Gasteiger partial charge >= 0.3 is 5.97 Å². The average Bonchev–Trinajstić information content (AvgIpc) is 2.71. The molecule has 0 saturated carbocycles. The Morgan fingerprint density at radius 3 is 2.87 bits per heavy atom. The molecule has 5 heteroatoms. The van der Waals surface area contributed by atoms with Gasteiger partial charge in [0, 0.05) is 10.9 Å². The largest absolute Gasteiger partial charge is 0.478 e. The number of nitrogens with zero attached hydrogens (tertiary/aromatic N) is 1. The summed E-state index contributed by atoms with van der Waals surface area (Å²) >= 11 is 1.40. The Bertz CT molecular complexity index is 496. The van der Waals surface area contributed by atoms with Crippen LogP contribution in [0.1, 0.15) is 10.4 Å². The molecule has 0 aliphatic carbocycles. The molecule has 1 heterocycles. The SMILES string of the molecule is O=C(O)c1cc(-c2cscn2)ccc1F. The second-order valence-electron chi connectivity index (χ2n) is 2.87. The molecule has 76 valence electrons. The molecule has 1 aromatic heterocycles. The third kappa shape index (κ3) is 1.87. The lowest BCUT2D eigenvalue weighted by atomic mass is 10.1. The lowest BCUT2D eigenvalue weighted by Gasteiger charge is -2.00. The zero-order chi connectivity index (χ0) is 10.8. The predicted molar refractivity (Wildman–Crippen MR) is 54.5 cm³/mol. The molecule has 0 bridgehead atoms. The van der Waals surface area contributed by atoms with Crippen molar-refractivity contribution in [3.05, 3.63) is 40.5 Å². The fourth-order valence-electron chi connectivity index (χ4n) is 1.20. The fourth-order valence-corrected chi connectivity index (χ4v) is 1.76. The molecule has 0 aliphatic heterocycles. The number of hydrogen-bond donors (Lipinski definition) is 1. The standard InChI is InChI=1S/C10H6FNO2S/c11-8-2-1-6(3-7(8)10(13)14)9-4-15-5-12-9/h1-5H,(H,13,14). The summed E-state index contributed by atoms with van der Waals surface area (Å²) < 4.78 is 13.1. The van der Waals surface area contributed by atoms with Crippen molar-refractivity contribution in [3.63, 3.8) is 0 Å². The molecule has 0 spiro atoms. The van der Waals surface area contributed by atoms with Crippen LogP contribution in [0.3, 0.4) is 0 Å². The molecular formula is C10H6FNO2S. The minimum atomic E-state index is -1.27. The number of carboxylic acids is 1. The Morgan fingerprint density at radius 2 is 2.27 bits per heavy atom. The topological polar surface area (TPSA) is 50.2 Å². The molecule has 2 aromatic rings. The van der Waals surface area contributed by atoms with E-state index in [1.165, 1.54) is 23.5 Å². The lowest BCUT2D eigenvalue weighted by molar-refractivity contribution is 0.0692. The molecule has 0 aliphatic rings. The summed E-state index contributed by atoms with van der Waals surface area (Å²) in [4.78, 5) is 14.7. The van der Waals surface area contributed by atoms with Crippen molar-refractivity contribution in [2.24, 2.45) is 0 Å². The van der Waals surface area contributed by atoms with Gasteiger partial charge in [0.15, 0.2) is 0 Å². The zero-order valence-electron chi connectivity index (χ0n) is 7.48. The van der Waals surface area contributed by atoms with Crippen molar-refractivity contribution >= 4 is 17.3 Å². The number of carbonyl (C=O) groups is 1. The third-order valence-electron chi connectivity index (χ3n) is 1.92. The number of hydrogen-bond acceptors (Lipinski definition) is 3. The van der Waals surface area contributed by atoms with Crippen LogP contribution in [0.15, 0.2) is 29.1 Å². The maximum absolute atomic E-state index is 13.1. The molecule has 3 nitrogen and oxygen atoms in total. The van der Waals surface area contributed by atoms with Crippen LogP contribution in [-0.2, 0) is 0 Å². The number of aromatic carboxylic acids is 1. The van der Waals surface area contributed by atoms with E-state index in [0.29, 0.717) is 11.3 Å². The van der Waals surface area contributed by atoms with Crippen molar-refractivity contribution in [3.8, 4) is 11.3 Å². The van der Waals surface area contributed by atoms with E-state index in [-0.39, 0.29) is 5.56 Å². The van der Waals surface area contributed by atoms with E-state index >= 15 is 0 Å².